The van der Waals surface area contributed by atoms with Crippen LogP contribution >= 0.6 is 0 Å². The number of benzene rings is 2. The molecule has 0 radical (unpaired) electrons. The summed E-state index contributed by atoms with van der Waals surface area (Å²) in [5.74, 6) is -2.15. The molecule has 1 aliphatic heterocycles. The van der Waals surface area contributed by atoms with E-state index in [1.807, 2.05) is 0 Å². The lowest BCUT2D eigenvalue weighted by Gasteiger charge is -2.24. The molecule has 0 aliphatic carbocycles. The van der Waals surface area contributed by atoms with Gasteiger partial charge in [-0.2, -0.15) is 0 Å². The highest BCUT2D eigenvalue weighted by molar-refractivity contribution is 6.07. The Morgan fingerprint density at radius 3 is 2.56 bits per heavy atom. The molecule has 27 heavy (non-hydrogen) atoms. The van der Waals surface area contributed by atoms with Crippen LogP contribution in [0.2, 0.25) is 0 Å². The number of hydrogen-bond acceptors (Lipinski definition) is 3. The fourth-order valence-corrected chi connectivity index (χ4v) is 2.93. The van der Waals surface area contributed by atoms with E-state index in [9.17, 15) is 18.8 Å². The van der Waals surface area contributed by atoms with Crippen LogP contribution in [0.5, 0.6) is 0 Å². The van der Waals surface area contributed by atoms with Gasteiger partial charge in [-0.1, -0.05) is 18.2 Å². The zero-order valence-electron chi connectivity index (χ0n) is 14.6. The first-order valence-corrected chi connectivity index (χ1v) is 8.32. The molecule has 0 saturated carbocycles. The summed E-state index contributed by atoms with van der Waals surface area (Å²) in [5, 5.41) is 5.30. The highest BCUT2D eigenvalue weighted by Gasteiger charge is 2.29. The first-order chi connectivity index (χ1) is 12.8. The quantitative estimate of drug-likeness (QED) is 0.773. The first-order valence-electron chi connectivity index (χ1n) is 8.32. The van der Waals surface area contributed by atoms with Crippen molar-refractivity contribution in [2.24, 2.45) is 5.73 Å². The van der Waals surface area contributed by atoms with Crippen LogP contribution in [-0.2, 0) is 9.59 Å². The molecule has 2 aromatic rings. The van der Waals surface area contributed by atoms with E-state index in [-0.39, 0.29) is 17.9 Å². The first kappa shape index (κ1) is 18.3. The van der Waals surface area contributed by atoms with Crippen molar-refractivity contribution in [1.82, 2.24) is 5.32 Å². The molecule has 1 atom stereocenters. The third-order valence-corrected chi connectivity index (χ3v) is 4.46. The number of carbonyl (C=O) groups excluding carboxylic acids is 3. The van der Waals surface area contributed by atoms with E-state index in [1.165, 1.54) is 24.4 Å². The molecule has 6 nitrogen and oxygen atoms in total. The van der Waals surface area contributed by atoms with Crippen molar-refractivity contribution < 1.29 is 18.8 Å². The lowest BCUT2D eigenvalue weighted by atomic mass is 9.86. The van der Waals surface area contributed by atoms with Crippen molar-refractivity contribution in [3.8, 4) is 0 Å². The normalized spacial score (nSPS) is 16.3. The smallest absolute Gasteiger partial charge is 0.253 e. The minimum atomic E-state index is -0.598. The van der Waals surface area contributed by atoms with Crippen LogP contribution in [0.3, 0.4) is 0 Å². The van der Waals surface area contributed by atoms with Crippen LogP contribution in [-0.4, -0.2) is 17.7 Å². The van der Waals surface area contributed by atoms with Crippen LogP contribution in [0.15, 0.2) is 54.2 Å². The molecule has 2 aromatic carbocycles. The SMILES string of the molecule is Cc1ccc(C(N)=O)cc1NC(=O)C1=CNC(=O)C[C@H]1c1ccc(F)cc1. The van der Waals surface area contributed by atoms with Gasteiger partial charge >= 0.3 is 0 Å². The highest BCUT2D eigenvalue weighted by atomic mass is 19.1. The van der Waals surface area contributed by atoms with Crippen molar-refractivity contribution in [2.75, 3.05) is 5.32 Å². The number of amides is 3. The zero-order chi connectivity index (χ0) is 19.6. The Morgan fingerprint density at radius 1 is 1.19 bits per heavy atom. The maximum Gasteiger partial charge on any atom is 0.253 e. The Balaban J connectivity index is 1.90. The van der Waals surface area contributed by atoms with E-state index < -0.39 is 23.5 Å². The van der Waals surface area contributed by atoms with Crippen LogP contribution < -0.4 is 16.4 Å². The predicted molar refractivity (Wildman–Crippen MR) is 98.3 cm³/mol. The van der Waals surface area contributed by atoms with E-state index in [0.717, 1.165) is 5.56 Å². The average molecular weight is 367 g/mol. The number of rotatable bonds is 4. The third kappa shape index (κ3) is 4.03. The van der Waals surface area contributed by atoms with Gasteiger partial charge in [-0.15, -0.1) is 0 Å². The minimum Gasteiger partial charge on any atom is -0.366 e. The van der Waals surface area contributed by atoms with E-state index in [4.69, 9.17) is 5.73 Å². The van der Waals surface area contributed by atoms with E-state index >= 15 is 0 Å². The topological polar surface area (TPSA) is 101 Å². The second-order valence-electron chi connectivity index (χ2n) is 6.32. The molecule has 0 unspecified atom stereocenters. The Labute approximate surface area is 155 Å². The molecule has 3 rings (SSSR count). The van der Waals surface area contributed by atoms with Crippen molar-refractivity contribution >= 4 is 23.4 Å². The molecule has 0 saturated heterocycles. The number of nitrogens with one attached hydrogen (secondary N) is 2. The van der Waals surface area contributed by atoms with Crippen molar-refractivity contribution in [1.29, 1.82) is 0 Å². The zero-order valence-corrected chi connectivity index (χ0v) is 14.6. The average Bonchev–Trinajstić information content (AvgIpc) is 2.63. The van der Waals surface area contributed by atoms with Crippen molar-refractivity contribution in [2.45, 2.75) is 19.3 Å². The standard InChI is InChI=1S/C20H18FN3O3/c1-11-2-3-13(19(22)26)8-17(11)24-20(27)16-10-23-18(25)9-15(16)12-4-6-14(21)7-5-12/h2-8,10,15H,9H2,1H3,(H2,22,26)(H,23,25)(H,24,27)/t15-/m0/s1. The summed E-state index contributed by atoms with van der Waals surface area (Å²) in [6.07, 6.45) is 1.44. The molecular formula is C20H18FN3O3. The van der Waals surface area contributed by atoms with Gasteiger partial charge in [0.2, 0.25) is 11.8 Å². The van der Waals surface area contributed by atoms with E-state index in [2.05, 4.69) is 10.6 Å². The van der Waals surface area contributed by atoms with Crippen LogP contribution in [0.4, 0.5) is 10.1 Å². The van der Waals surface area contributed by atoms with Gasteiger partial charge in [0.05, 0.1) is 0 Å². The van der Waals surface area contributed by atoms with Gasteiger partial charge in [-0.25, -0.2) is 4.39 Å². The highest BCUT2D eigenvalue weighted by Crippen LogP contribution is 2.31. The summed E-state index contributed by atoms with van der Waals surface area (Å²) in [5.41, 5.74) is 7.77. The summed E-state index contributed by atoms with van der Waals surface area (Å²) in [6, 6.07) is 10.5. The lowest BCUT2D eigenvalue weighted by Crippen LogP contribution is -2.32. The second kappa shape index (κ2) is 7.41. The summed E-state index contributed by atoms with van der Waals surface area (Å²) in [6.45, 7) is 1.79. The number of carbonyl (C=O) groups is 3. The van der Waals surface area contributed by atoms with Crippen molar-refractivity contribution in [3.05, 3.63) is 76.7 Å². The summed E-state index contributed by atoms with van der Waals surface area (Å²) in [4.78, 5) is 36.0. The van der Waals surface area contributed by atoms with Gasteiger partial charge in [-0.3, -0.25) is 14.4 Å². The van der Waals surface area contributed by atoms with Crippen LogP contribution in [0.1, 0.15) is 33.8 Å². The minimum absolute atomic E-state index is 0.0746. The number of anilines is 1. The van der Waals surface area contributed by atoms with E-state index in [0.29, 0.717) is 16.8 Å². The van der Waals surface area contributed by atoms with Gasteiger partial charge in [0, 0.05) is 35.4 Å². The number of nitrogens with two attached hydrogens (primary N) is 1. The van der Waals surface area contributed by atoms with Gasteiger partial charge in [0.25, 0.3) is 5.91 Å². The Hall–Kier alpha value is -3.48. The molecule has 0 aromatic heterocycles. The van der Waals surface area contributed by atoms with Crippen LogP contribution in [0.25, 0.3) is 0 Å². The molecule has 1 aliphatic rings. The number of aryl methyl sites for hydroxylation is 1. The predicted octanol–water partition coefficient (Wildman–Crippen LogP) is 2.36. The lowest BCUT2D eigenvalue weighted by molar-refractivity contribution is -0.121. The summed E-state index contributed by atoms with van der Waals surface area (Å²) >= 11 is 0. The van der Waals surface area contributed by atoms with Gasteiger partial charge in [-0.05, 0) is 42.3 Å². The Morgan fingerprint density at radius 2 is 1.89 bits per heavy atom. The molecule has 3 amide bonds. The maximum absolute atomic E-state index is 13.2. The molecule has 138 valence electrons. The van der Waals surface area contributed by atoms with Gasteiger partial charge < -0.3 is 16.4 Å². The molecule has 4 N–H and O–H groups in total. The molecular weight excluding hydrogens is 349 g/mol. The number of halogens is 1. The fourth-order valence-electron chi connectivity index (χ4n) is 2.93. The largest absolute Gasteiger partial charge is 0.366 e. The Bertz CT molecular complexity index is 951. The molecule has 0 spiro atoms. The monoisotopic (exact) mass is 367 g/mol. The van der Waals surface area contributed by atoms with Crippen LogP contribution in [0, 0.1) is 12.7 Å². The van der Waals surface area contributed by atoms with Gasteiger partial charge in [0.15, 0.2) is 0 Å². The molecule has 1 heterocycles. The number of primary amides is 1. The Kier molecular flexibility index (Phi) is 5.03. The summed E-state index contributed by atoms with van der Waals surface area (Å²) < 4.78 is 13.2. The third-order valence-electron chi connectivity index (χ3n) is 4.46. The number of hydrogen-bond donors (Lipinski definition) is 3. The molecule has 0 bridgehead atoms. The molecule has 0 fully saturated rings. The summed E-state index contributed by atoms with van der Waals surface area (Å²) in [7, 11) is 0. The second-order valence-corrected chi connectivity index (χ2v) is 6.32. The maximum atomic E-state index is 13.2. The van der Waals surface area contributed by atoms with E-state index in [1.54, 1.807) is 31.2 Å². The fraction of sp³-hybridized carbons (Fsp3) is 0.150. The molecule has 7 heteroatoms. The van der Waals surface area contributed by atoms with Gasteiger partial charge in [0.1, 0.15) is 5.82 Å². The van der Waals surface area contributed by atoms with Crippen molar-refractivity contribution in [3.63, 3.8) is 0 Å².